The Morgan fingerprint density at radius 3 is 1.91 bits per heavy atom. The quantitative estimate of drug-likeness (QED) is 0.162. The van der Waals surface area contributed by atoms with Crippen molar-refractivity contribution in [3.63, 3.8) is 0 Å². The maximum absolute atomic E-state index is 6.69. The Labute approximate surface area is 254 Å². The van der Waals surface area contributed by atoms with Gasteiger partial charge < -0.3 is 18.6 Å². The molecular weight excluding hydrogens is 539 g/mol. The molecule has 0 N–H and O–H groups in total. The van der Waals surface area contributed by atoms with Crippen LogP contribution in [0.2, 0.25) is 0 Å². The van der Waals surface area contributed by atoms with Crippen molar-refractivity contribution in [2.24, 2.45) is 0 Å². The van der Waals surface area contributed by atoms with E-state index in [-0.39, 0.29) is 6.71 Å². The summed E-state index contributed by atoms with van der Waals surface area (Å²) in [5, 5.41) is 4.90. The second-order valence-corrected chi connectivity index (χ2v) is 11.7. The Morgan fingerprint density at radius 2 is 1.20 bits per heavy atom. The normalized spacial score (nSPS) is 13.0. The van der Waals surface area contributed by atoms with Crippen LogP contribution in [0.5, 0.6) is 23.0 Å². The Bertz CT molecular complexity index is 2450. The molecule has 0 amide bonds. The average Bonchev–Trinajstić information content (AvgIpc) is 3.57. The van der Waals surface area contributed by atoms with Gasteiger partial charge in [0.05, 0.1) is 22.2 Å². The fourth-order valence-electron chi connectivity index (χ4n) is 7.69. The second kappa shape index (κ2) is 8.68. The van der Waals surface area contributed by atoms with Crippen LogP contribution >= 0.6 is 0 Å². The number of allylic oxidation sites excluding steroid dienone is 1. The summed E-state index contributed by atoms with van der Waals surface area (Å²) < 4.78 is 18.1. The first-order valence-electron chi connectivity index (χ1n) is 15.1. The standard InChI is InChI=1S/C39H25BN2O2/c1-2-21-41-30-15-7-4-12-27(30)37-32(41)20-19-26-25-11-3-8-16-31(25)42(39(26)37)24-22-35-38-36(23-24)44-34-18-10-6-14-29(34)40(38)28-13-5-9-17-33(28)43-35/h2-20,22-23H,1,21H2. The summed E-state index contributed by atoms with van der Waals surface area (Å²) in [6, 6.07) is 43.1. The smallest absolute Gasteiger partial charge is 0.260 e. The van der Waals surface area contributed by atoms with Gasteiger partial charge in [-0.3, -0.25) is 0 Å². The van der Waals surface area contributed by atoms with Crippen molar-refractivity contribution >= 4 is 66.7 Å². The third-order valence-corrected chi connectivity index (χ3v) is 9.42. The summed E-state index contributed by atoms with van der Waals surface area (Å²) >= 11 is 0. The van der Waals surface area contributed by atoms with Crippen molar-refractivity contribution in [1.82, 2.24) is 9.13 Å². The molecule has 206 valence electrons. The van der Waals surface area contributed by atoms with Gasteiger partial charge in [0, 0.05) is 51.2 Å². The molecule has 0 spiro atoms. The van der Waals surface area contributed by atoms with Gasteiger partial charge in [-0.15, -0.1) is 6.58 Å². The number of para-hydroxylation sites is 4. The van der Waals surface area contributed by atoms with E-state index in [9.17, 15) is 0 Å². The van der Waals surface area contributed by atoms with Crippen molar-refractivity contribution in [1.29, 1.82) is 0 Å². The van der Waals surface area contributed by atoms with E-state index in [4.69, 9.17) is 9.47 Å². The first kappa shape index (κ1) is 23.8. The van der Waals surface area contributed by atoms with Gasteiger partial charge in [0.25, 0.3) is 6.71 Å². The third kappa shape index (κ3) is 3.03. The summed E-state index contributed by atoms with van der Waals surface area (Å²) in [5.41, 5.74) is 9.14. The minimum Gasteiger partial charge on any atom is -0.458 e. The van der Waals surface area contributed by atoms with E-state index >= 15 is 0 Å². The van der Waals surface area contributed by atoms with Crippen molar-refractivity contribution in [3.05, 3.63) is 134 Å². The molecule has 0 atom stereocenters. The molecule has 44 heavy (non-hydrogen) atoms. The van der Waals surface area contributed by atoms with E-state index in [1.807, 2.05) is 18.2 Å². The van der Waals surface area contributed by atoms with Crippen molar-refractivity contribution < 1.29 is 9.47 Å². The maximum atomic E-state index is 6.69. The number of hydrogen-bond donors (Lipinski definition) is 0. The molecule has 4 heterocycles. The highest BCUT2D eigenvalue weighted by Crippen LogP contribution is 2.43. The molecule has 2 aliphatic heterocycles. The van der Waals surface area contributed by atoms with Gasteiger partial charge in [-0.05, 0) is 41.3 Å². The molecule has 10 rings (SSSR count). The molecule has 0 fully saturated rings. The Hall–Kier alpha value is -5.68. The molecule has 2 aliphatic rings. The van der Waals surface area contributed by atoms with E-state index in [2.05, 4.69) is 125 Å². The van der Waals surface area contributed by atoms with Crippen LogP contribution in [0.4, 0.5) is 0 Å². The molecule has 5 heteroatoms. The van der Waals surface area contributed by atoms with Crippen LogP contribution in [0, 0.1) is 0 Å². The minimum absolute atomic E-state index is 0.0469. The van der Waals surface area contributed by atoms with Gasteiger partial charge in [0.2, 0.25) is 0 Å². The van der Waals surface area contributed by atoms with Crippen molar-refractivity contribution in [2.45, 2.75) is 6.54 Å². The van der Waals surface area contributed by atoms with E-state index in [1.165, 1.54) is 49.0 Å². The largest absolute Gasteiger partial charge is 0.458 e. The van der Waals surface area contributed by atoms with Crippen molar-refractivity contribution in [2.75, 3.05) is 0 Å². The minimum atomic E-state index is 0.0469. The zero-order chi connectivity index (χ0) is 28.9. The lowest BCUT2D eigenvalue weighted by atomic mass is 9.35. The van der Waals surface area contributed by atoms with Crippen molar-refractivity contribution in [3.8, 4) is 28.7 Å². The summed E-state index contributed by atoms with van der Waals surface area (Å²) in [5.74, 6) is 3.45. The van der Waals surface area contributed by atoms with Crippen LogP contribution in [0.3, 0.4) is 0 Å². The third-order valence-electron chi connectivity index (χ3n) is 9.42. The fourth-order valence-corrected chi connectivity index (χ4v) is 7.69. The first-order chi connectivity index (χ1) is 21.8. The molecule has 8 aromatic rings. The van der Waals surface area contributed by atoms with Gasteiger partial charge in [-0.2, -0.15) is 0 Å². The van der Waals surface area contributed by atoms with Crippen LogP contribution in [0.25, 0.3) is 49.3 Å². The number of fused-ring (bicyclic) bond motifs is 11. The zero-order valence-electron chi connectivity index (χ0n) is 23.8. The molecule has 2 aromatic heterocycles. The molecular formula is C39H25BN2O2. The molecule has 0 aliphatic carbocycles. The van der Waals surface area contributed by atoms with E-state index in [0.717, 1.165) is 46.2 Å². The van der Waals surface area contributed by atoms with Gasteiger partial charge in [0.1, 0.15) is 23.0 Å². The highest BCUT2D eigenvalue weighted by molar-refractivity contribution is 6.98. The number of benzene rings is 6. The molecule has 0 bridgehead atoms. The number of ether oxygens (including phenoxy) is 2. The predicted octanol–water partition coefficient (Wildman–Crippen LogP) is 7.81. The highest BCUT2D eigenvalue weighted by Gasteiger charge is 2.40. The van der Waals surface area contributed by atoms with Gasteiger partial charge in [-0.25, -0.2) is 0 Å². The molecule has 6 aromatic carbocycles. The molecule has 0 saturated carbocycles. The summed E-state index contributed by atoms with van der Waals surface area (Å²) in [6.07, 6.45) is 1.97. The number of hydrogen-bond acceptors (Lipinski definition) is 2. The van der Waals surface area contributed by atoms with E-state index in [1.54, 1.807) is 0 Å². The predicted molar refractivity (Wildman–Crippen MR) is 182 cm³/mol. The lowest BCUT2D eigenvalue weighted by Crippen LogP contribution is -2.57. The Balaban J connectivity index is 1.34. The van der Waals surface area contributed by atoms with Crippen LogP contribution in [0.1, 0.15) is 0 Å². The summed E-state index contributed by atoms with van der Waals surface area (Å²) in [6.45, 7) is 4.84. The molecule has 0 radical (unpaired) electrons. The fraction of sp³-hybridized carbons (Fsp3) is 0.0256. The monoisotopic (exact) mass is 564 g/mol. The van der Waals surface area contributed by atoms with Crippen LogP contribution in [-0.2, 0) is 6.54 Å². The average molecular weight is 564 g/mol. The van der Waals surface area contributed by atoms with E-state index in [0.29, 0.717) is 0 Å². The second-order valence-electron chi connectivity index (χ2n) is 11.7. The SMILES string of the molecule is C=CCn1c2ccccc2c2c1ccc1c3ccccc3n(-c3cc4c5c(c3)Oc3ccccc3B5c3ccccc3O4)c12. The lowest BCUT2D eigenvalue weighted by molar-refractivity contribution is 0.464. The topological polar surface area (TPSA) is 28.3 Å². The number of nitrogens with zero attached hydrogens (tertiary/aromatic N) is 2. The van der Waals surface area contributed by atoms with Crippen LogP contribution in [-0.4, -0.2) is 15.8 Å². The molecule has 4 nitrogen and oxygen atoms in total. The van der Waals surface area contributed by atoms with E-state index < -0.39 is 0 Å². The van der Waals surface area contributed by atoms with Gasteiger partial charge in [-0.1, -0.05) is 84.9 Å². The van der Waals surface area contributed by atoms with Crippen LogP contribution in [0.15, 0.2) is 134 Å². The molecule has 0 saturated heterocycles. The van der Waals surface area contributed by atoms with Gasteiger partial charge >= 0.3 is 0 Å². The zero-order valence-corrected chi connectivity index (χ0v) is 23.8. The Morgan fingerprint density at radius 1 is 0.591 bits per heavy atom. The molecule has 0 unspecified atom stereocenters. The number of rotatable bonds is 3. The summed E-state index contributed by atoms with van der Waals surface area (Å²) in [4.78, 5) is 0. The maximum Gasteiger partial charge on any atom is 0.260 e. The lowest BCUT2D eigenvalue weighted by Gasteiger charge is -2.33. The number of aromatic nitrogens is 2. The highest BCUT2D eigenvalue weighted by atomic mass is 16.5. The summed E-state index contributed by atoms with van der Waals surface area (Å²) in [7, 11) is 0. The van der Waals surface area contributed by atoms with Gasteiger partial charge in [0.15, 0.2) is 0 Å². The Kier molecular flexibility index (Phi) is 4.70. The first-order valence-corrected chi connectivity index (χ1v) is 15.1. The van der Waals surface area contributed by atoms with Crippen LogP contribution < -0.4 is 25.9 Å².